The van der Waals surface area contributed by atoms with Crippen LogP contribution in [0.3, 0.4) is 0 Å². The van der Waals surface area contributed by atoms with Crippen LogP contribution >= 0.6 is 0 Å². The predicted octanol–water partition coefficient (Wildman–Crippen LogP) is 2.06. The highest BCUT2D eigenvalue weighted by atomic mass is 16.5. The minimum Gasteiger partial charge on any atom is -0.383 e. The summed E-state index contributed by atoms with van der Waals surface area (Å²) in [7, 11) is 3.72. The van der Waals surface area contributed by atoms with Crippen LogP contribution in [-0.4, -0.2) is 29.5 Å². The van der Waals surface area contributed by atoms with Gasteiger partial charge in [0.25, 0.3) is 0 Å². The first-order valence-corrected chi connectivity index (χ1v) is 6.33. The lowest BCUT2D eigenvalue weighted by molar-refractivity contribution is 0.164. The molecule has 0 aromatic carbocycles. The van der Waals surface area contributed by atoms with E-state index in [1.54, 1.807) is 7.11 Å². The molecule has 0 amide bonds. The Balaban J connectivity index is 2.61. The maximum atomic E-state index is 5.18. The topological polar surface area (TPSA) is 39.1 Å². The van der Waals surface area contributed by atoms with Crippen LogP contribution in [0.4, 0.5) is 0 Å². The third-order valence-electron chi connectivity index (χ3n) is 2.93. The van der Waals surface area contributed by atoms with Crippen LogP contribution in [-0.2, 0) is 18.3 Å². The minimum absolute atomic E-state index is 0.417. The number of ether oxygens (including phenoxy) is 1. The second-order valence-electron chi connectivity index (χ2n) is 4.81. The van der Waals surface area contributed by atoms with Gasteiger partial charge in [-0.2, -0.15) is 5.10 Å². The summed E-state index contributed by atoms with van der Waals surface area (Å²) in [5.74, 6) is 0.468. The van der Waals surface area contributed by atoms with E-state index in [4.69, 9.17) is 4.74 Å². The highest BCUT2D eigenvalue weighted by Crippen LogP contribution is 2.17. The van der Waals surface area contributed by atoms with Crippen molar-refractivity contribution < 1.29 is 4.74 Å². The molecule has 0 radical (unpaired) electrons. The molecule has 4 nitrogen and oxygen atoms in total. The molecule has 0 aliphatic rings. The monoisotopic (exact) mass is 239 g/mol. The van der Waals surface area contributed by atoms with Crippen LogP contribution in [0.25, 0.3) is 0 Å². The van der Waals surface area contributed by atoms with Crippen molar-refractivity contribution in [1.82, 2.24) is 15.1 Å². The summed E-state index contributed by atoms with van der Waals surface area (Å²) in [4.78, 5) is 0. The third-order valence-corrected chi connectivity index (χ3v) is 2.93. The summed E-state index contributed by atoms with van der Waals surface area (Å²) >= 11 is 0. The Kier molecular flexibility index (Phi) is 5.65. The number of methoxy groups -OCH3 is 1. The van der Waals surface area contributed by atoms with Gasteiger partial charge in [0.15, 0.2) is 0 Å². The van der Waals surface area contributed by atoms with E-state index in [0.717, 1.165) is 19.6 Å². The zero-order valence-electron chi connectivity index (χ0n) is 11.7. The Morgan fingerprint density at radius 1 is 1.47 bits per heavy atom. The smallest absolute Gasteiger partial charge is 0.0694 e. The maximum Gasteiger partial charge on any atom is 0.0694 e. The summed E-state index contributed by atoms with van der Waals surface area (Å²) in [6.45, 7) is 8.15. The van der Waals surface area contributed by atoms with E-state index >= 15 is 0 Å². The first-order chi connectivity index (χ1) is 8.08. The predicted molar refractivity (Wildman–Crippen MR) is 70.1 cm³/mol. The highest BCUT2D eigenvalue weighted by Gasteiger charge is 2.12. The van der Waals surface area contributed by atoms with Gasteiger partial charge in [-0.25, -0.2) is 0 Å². The summed E-state index contributed by atoms with van der Waals surface area (Å²) in [5.41, 5.74) is 2.48. The second-order valence-corrected chi connectivity index (χ2v) is 4.81. The van der Waals surface area contributed by atoms with Gasteiger partial charge in [-0.1, -0.05) is 20.8 Å². The molecule has 0 saturated carbocycles. The van der Waals surface area contributed by atoms with Gasteiger partial charge >= 0.3 is 0 Å². The molecule has 0 bridgehead atoms. The van der Waals surface area contributed by atoms with Gasteiger partial charge in [0.2, 0.25) is 0 Å². The van der Waals surface area contributed by atoms with Gasteiger partial charge in [-0.15, -0.1) is 0 Å². The first-order valence-electron chi connectivity index (χ1n) is 6.33. The summed E-state index contributed by atoms with van der Waals surface area (Å²) in [6, 6.07) is 0.417. The number of rotatable bonds is 7. The van der Waals surface area contributed by atoms with E-state index in [1.165, 1.54) is 11.3 Å². The standard InChI is InChI=1S/C13H25N3O/c1-6-12(9-17-5)14-7-11-8-16(4)15-13(11)10(2)3/h8,10,12,14H,6-7,9H2,1-5H3. The second kappa shape index (κ2) is 6.77. The van der Waals surface area contributed by atoms with Crippen LogP contribution in [0.1, 0.15) is 44.4 Å². The zero-order chi connectivity index (χ0) is 12.8. The molecule has 1 unspecified atom stereocenters. The van der Waals surface area contributed by atoms with E-state index in [9.17, 15) is 0 Å². The number of hydrogen-bond acceptors (Lipinski definition) is 3. The molecule has 4 heteroatoms. The lowest BCUT2D eigenvalue weighted by Crippen LogP contribution is -2.32. The van der Waals surface area contributed by atoms with Crippen molar-refractivity contribution >= 4 is 0 Å². The maximum absolute atomic E-state index is 5.18. The van der Waals surface area contributed by atoms with E-state index in [0.29, 0.717) is 12.0 Å². The lowest BCUT2D eigenvalue weighted by atomic mass is 10.1. The number of nitrogens with zero attached hydrogens (tertiary/aromatic N) is 2. The average molecular weight is 239 g/mol. The molecule has 1 N–H and O–H groups in total. The molecule has 0 fully saturated rings. The van der Waals surface area contributed by atoms with Gasteiger partial charge in [-0.3, -0.25) is 4.68 Å². The SMILES string of the molecule is CCC(COC)NCc1cn(C)nc1C(C)C. The quantitative estimate of drug-likeness (QED) is 0.791. The van der Waals surface area contributed by atoms with Crippen molar-refractivity contribution in [3.05, 3.63) is 17.5 Å². The molecule has 1 atom stereocenters. The molecule has 0 aliphatic carbocycles. The molecular weight excluding hydrogens is 214 g/mol. The zero-order valence-corrected chi connectivity index (χ0v) is 11.7. The van der Waals surface area contributed by atoms with Crippen molar-refractivity contribution in [2.75, 3.05) is 13.7 Å². The molecule has 0 aliphatic heterocycles. The fourth-order valence-corrected chi connectivity index (χ4v) is 1.95. The van der Waals surface area contributed by atoms with E-state index in [1.807, 2.05) is 11.7 Å². The number of hydrogen-bond donors (Lipinski definition) is 1. The molecule has 0 saturated heterocycles. The molecule has 1 aromatic rings. The van der Waals surface area contributed by atoms with Crippen molar-refractivity contribution in [3.63, 3.8) is 0 Å². The average Bonchev–Trinajstić information content (AvgIpc) is 2.66. The van der Waals surface area contributed by atoms with E-state index in [-0.39, 0.29) is 0 Å². The fourth-order valence-electron chi connectivity index (χ4n) is 1.95. The third kappa shape index (κ3) is 4.13. The van der Waals surface area contributed by atoms with E-state index < -0.39 is 0 Å². The van der Waals surface area contributed by atoms with Crippen LogP contribution in [0.2, 0.25) is 0 Å². The van der Waals surface area contributed by atoms with Crippen molar-refractivity contribution in [2.45, 2.75) is 45.7 Å². The van der Waals surface area contributed by atoms with Gasteiger partial charge in [-0.05, 0) is 12.3 Å². The Hall–Kier alpha value is -0.870. The number of aryl methyl sites for hydroxylation is 1. The number of nitrogens with one attached hydrogen (secondary N) is 1. The normalized spacial score (nSPS) is 13.3. The molecule has 98 valence electrons. The lowest BCUT2D eigenvalue weighted by Gasteiger charge is -2.16. The van der Waals surface area contributed by atoms with Crippen LogP contribution < -0.4 is 5.32 Å². The largest absolute Gasteiger partial charge is 0.383 e. The van der Waals surface area contributed by atoms with Gasteiger partial charge < -0.3 is 10.1 Å². The molecule has 1 heterocycles. The summed E-state index contributed by atoms with van der Waals surface area (Å²) in [5, 5.41) is 8.02. The molecule has 1 rings (SSSR count). The summed E-state index contributed by atoms with van der Waals surface area (Å²) in [6.07, 6.45) is 3.17. The molecule has 17 heavy (non-hydrogen) atoms. The Bertz CT molecular complexity index is 333. The summed E-state index contributed by atoms with van der Waals surface area (Å²) < 4.78 is 7.08. The van der Waals surface area contributed by atoms with Crippen molar-refractivity contribution in [2.24, 2.45) is 7.05 Å². The van der Waals surface area contributed by atoms with Crippen molar-refractivity contribution in [1.29, 1.82) is 0 Å². The molecule has 0 spiro atoms. The van der Waals surface area contributed by atoms with Crippen molar-refractivity contribution in [3.8, 4) is 0 Å². The highest BCUT2D eigenvalue weighted by molar-refractivity contribution is 5.20. The molecular formula is C13H25N3O. The minimum atomic E-state index is 0.417. The van der Waals surface area contributed by atoms with Gasteiger partial charge in [0.05, 0.1) is 12.3 Å². The molecule has 1 aromatic heterocycles. The van der Waals surface area contributed by atoms with Crippen LogP contribution in [0.15, 0.2) is 6.20 Å². The van der Waals surface area contributed by atoms with Crippen LogP contribution in [0, 0.1) is 0 Å². The van der Waals surface area contributed by atoms with Gasteiger partial charge in [0.1, 0.15) is 0 Å². The van der Waals surface area contributed by atoms with E-state index in [2.05, 4.69) is 37.4 Å². The fraction of sp³-hybridized carbons (Fsp3) is 0.769. The van der Waals surface area contributed by atoms with Crippen LogP contribution in [0.5, 0.6) is 0 Å². The first kappa shape index (κ1) is 14.2. The Morgan fingerprint density at radius 3 is 2.71 bits per heavy atom. The Labute approximate surface area is 104 Å². The number of aromatic nitrogens is 2. The van der Waals surface area contributed by atoms with Gasteiger partial charge in [0, 0.05) is 38.5 Å². The Morgan fingerprint density at radius 2 is 2.18 bits per heavy atom.